The van der Waals surface area contributed by atoms with Crippen LogP contribution in [-0.4, -0.2) is 46.1 Å². The molecule has 2 aliphatic heterocycles. The van der Waals surface area contributed by atoms with E-state index >= 15 is 0 Å². The SMILES string of the molecule is CCc1cnc(C2CCC3CC(C)C(NC(=O)OC)C(=O)N32)[nH]1. The number of nitrogens with one attached hydrogen (secondary N) is 2. The van der Waals surface area contributed by atoms with E-state index in [-0.39, 0.29) is 23.9 Å². The quantitative estimate of drug-likeness (QED) is 0.888. The standard InChI is InChI=1S/C16H24N4O3/c1-4-10-8-17-14(18-10)12-6-5-11-7-9(2)13(15(21)20(11)12)19-16(22)23-3/h8-9,11-13H,4-7H2,1-3H3,(H,17,18)(H,19,22). The van der Waals surface area contributed by atoms with Crippen molar-refractivity contribution in [2.24, 2.45) is 5.92 Å². The summed E-state index contributed by atoms with van der Waals surface area (Å²) in [5.41, 5.74) is 1.07. The maximum atomic E-state index is 12.9. The number of methoxy groups -OCH3 is 1. The highest BCUT2D eigenvalue weighted by molar-refractivity contribution is 5.87. The zero-order chi connectivity index (χ0) is 16.6. The first-order valence-electron chi connectivity index (χ1n) is 8.25. The fourth-order valence-electron chi connectivity index (χ4n) is 3.80. The molecule has 1 aromatic rings. The number of hydrogen-bond acceptors (Lipinski definition) is 4. The Hall–Kier alpha value is -2.05. The second-order valence-corrected chi connectivity index (χ2v) is 6.47. The molecular weight excluding hydrogens is 296 g/mol. The van der Waals surface area contributed by atoms with Crippen molar-refractivity contribution >= 4 is 12.0 Å². The van der Waals surface area contributed by atoms with Gasteiger partial charge in [0.15, 0.2) is 0 Å². The normalized spacial score (nSPS) is 30.2. The summed E-state index contributed by atoms with van der Waals surface area (Å²) in [5, 5.41) is 2.69. The number of fused-ring (bicyclic) bond motifs is 1. The number of amides is 2. The molecule has 4 atom stereocenters. The first-order chi connectivity index (χ1) is 11.0. The van der Waals surface area contributed by atoms with Crippen LogP contribution in [0.15, 0.2) is 6.20 Å². The molecule has 3 rings (SSSR count). The number of aryl methyl sites for hydroxylation is 1. The number of carbonyl (C=O) groups is 2. The van der Waals surface area contributed by atoms with Gasteiger partial charge in [0.2, 0.25) is 5.91 Å². The van der Waals surface area contributed by atoms with Gasteiger partial charge in [-0.05, 0) is 31.6 Å². The van der Waals surface area contributed by atoms with Gasteiger partial charge in [-0.1, -0.05) is 13.8 Å². The van der Waals surface area contributed by atoms with E-state index in [0.29, 0.717) is 0 Å². The molecule has 2 N–H and O–H groups in total. The monoisotopic (exact) mass is 320 g/mol. The van der Waals surface area contributed by atoms with Gasteiger partial charge in [0.05, 0.1) is 13.2 Å². The summed E-state index contributed by atoms with van der Waals surface area (Å²) in [7, 11) is 1.31. The summed E-state index contributed by atoms with van der Waals surface area (Å²) in [6.45, 7) is 4.07. The molecule has 0 spiro atoms. The Morgan fingerprint density at radius 3 is 2.96 bits per heavy atom. The highest BCUT2D eigenvalue weighted by Crippen LogP contribution is 2.41. The Morgan fingerprint density at radius 2 is 2.30 bits per heavy atom. The van der Waals surface area contributed by atoms with Gasteiger partial charge in [-0.25, -0.2) is 9.78 Å². The molecule has 2 amide bonds. The molecule has 2 aliphatic rings. The zero-order valence-electron chi connectivity index (χ0n) is 13.8. The smallest absolute Gasteiger partial charge is 0.407 e. The molecule has 0 bridgehead atoms. The van der Waals surface area contributed by atoms with Crippen LogP contribution in [-0.2, 0) is 16.0 Å². The average Bonchev–Trinajstić information content (AvgIpc) is 3.17. The fraction of sp³-hybridized carbons (Fsp3) is 0.688. The van der Waals surface area contributed by atoms with E-state index in [1.165, 1.54) is 7.11 Å². The highest BCUT2D eigenvalue weighted by atomic mass is 16.5. The lowest BCUT2D eigenvalue weighted by atomic mass is 9.88. The first kappa shape index (κ1) is 15.8. The molecular formula is C16H24N4O3. The van der Waals surface area contributed by atoms with Gasteiger partial charge in [0.1, 0.15) is 11.9 Å². The highest BCUT2D eigenvalue weighted by Gasteiger charge is 2.48. The third-order valence-corrected chi connectivity index (χ3v) is 5.04. The van der Waals surface area contributed by atoms with Crippen molar-refractivity contribution in [1.82, 2.24) is 20.2 Å². The Balaban J connectivity index is 1.82. The van der Waals surface area contributed by atoms with E-state index in [1.54, 1.807) is 0 Å². The van der Waals surface area contributed by atoms with E-state index in [0.717, 1.165) is 37.2 Å². The molecule has 1 aromatic heterocycles. The van der Waals surface area contributed by atoms with Crippen molar-refractivity contribution in [1.29, 1.82) is 0 Å². The number of rotatable bonds is 3. The number of H-pyrrole nitrogens is 1. The summed E-state index contributed by atoms with van der Waals surface area (Å²) in [4.78, 5) is 34.2. The Kier molecular flexibility index (Phi) is 4.28. The van der Waals surface area contributed by atoms with E-state index in [2.05, 4.69) is 26.9 Å². The third-order valence-electron chi connectivity index (χ3n) is 5.04. The van der Waals surface area contributed by atoms with Crippen molar-refractivity contribution in [3.8, 4) is 0 Å². The number of alkyl carbamates (subject to hydrolysis) is 1. The number of hydrogen-bond donors (Lipinski definition) is 2. The van der Waals surface area contributed by atoms with Gasteiger partial charge in [-0.15, -0.1) is 0 Å². The van der Waals surface area contributed by atoms with Crippen molar-refractivity contribution < 1.29 is 14.3 Å². The van der Waals surface area contributed by atoms with Gasteiger partial charge >= 0.3 is 6.09 Å². The minimum Gasteiger partial charge on any atom is -0.453 e. The zero-order valence-corrected chi connectivity index (χ0v) is 13.8. The van der Waals surface area contributed by atoms with Crippen molar-refractivity contribution in [2.45, 2.75) is 57.7 Å². The van der Waals surface area contributed by atoms with Crippen LogP contribution in [0.2, 0.25) is 0 Å². The molecule has 7 nitrogen and oxygen atoms in total. The second-order valence-electron chi connectivity index (χ2n) is 6.47. The number of nitrogens with zero attached hydrogens (tertiary/aromatic N) is 2. The number of aromatic amines is 1. The summed E-state index contributed by atoms with van der Waals surface area (Å²) < 4.78 is 4.65. The maximum absolute atomic E-state index is 12.9. The average molecular weight is 320 g/mol. The van der Waals surface area contributed by atoms with Crippen LogP contribution < -0.4 is 5.32 Å². The molecule has 4 unspecified atom stereocenters. The molecule has 0 aromatic carbocycles. The largest absolute Gasteiger partial charge is 0.453 e. The number of ether oxygens (including phenoxy) is 1. The number of imidazole rings is 1. The summed E-state index contributed by atoms with van der Waals surface area (Å²) in [6, 6.07) is -0.324. The Labute approximate surface area is 135 Å². The number of aromatic nitrogens is 2. The molecule has 7 heteroatoms. The van der Waals surface area contributed by atoms with Crippen LogP contribution in [0.3, 0.4) is 0 Å². The number of piperidine rings is 1. The first-order valence-corrected chi connectivity index (χ1v) is 8.25. The summed E-state index contributed by atoms with van der Waals surface area (Å²) >= 11 is 0. The topological polar surface area (TPSA) is 87.3 Å². The lowest BCUT2D eigenvalue weighted by Gasteiger charge is -2.41. The van der Waals surface area contributed by atoms with E-state index < -0.39 is 12.1 Å². The van der Waals surface area contributed by atoms with Crippen LogP contribution in [0.25, 0.3) is 0 Å². The molecule has 0 radical (unpaired) electrons. The molecule has 0 aliphatic carbocycles. The fourth-order valence-corrected chi connectivity index (χ4v) is 3.80. The van der Waals surface area contributed by atoms with Crippen molar-refractivity contribution in [3.05, 3.63) is 17.7 Å². The summed E-state index contributed by atoms with van der Waals surface area (Å²) in [6.07, 6.45) is 4.94. The van der Waals surface area contributed by atoms with Crippen LogP contribution >= 0.6 is 0 Å². The van der Waals surface area contributed by atoms with Gasteiger partial charge < -0.3 is 19.9 Å². The van der Waals surface area contributed by atoms with Crippen molar-refractivity contribution in [3.63, 3.8) is 0 Å². The molecule has 23 heavy (non-hydrogen) atoms. The van der Waals surface area contributed by atoms with E-state index in [1.807, 2.05) is 18.0 Å². The molecule has 2 saturated heterocycles. The van der Waals surface area contributed by atoms with E-state index in [9.17, 15) is 9.59 Å². The minimum absolute atomic E-state index is 0.0257. The van der Waals surface area contributed by atoms with E-state index in [4.69, 9.17) is 0 Å². The molecule has 2 fully saturated rings. The van der Waals surface area contributed by atoms with Crippen LogP contribution in [0.4, 0.5) is 4.79 Å². The number of carbonyl (C=O) groups excluding carboxylic acids is 2. The predicted octanol–water partition coefficient (Wildman–Crippen LogP) is 1.77. The maximum Gasteiger partial charge on any atom is 0.407 e. The Bertz CT molecular complexity index is 600. The molecule has 0 saturated carbocycles. The second kappa shape index (κ2) is 6.22. The Morgan fingerprint density at radius 1 is 1.52 bits per heavy atom. The molecule has 126 valence electrons. The molecule has 3 heterocycles. The van der Waals surface area contributed by atoms with Crippen LogP contribution in [0.1, 0.15) is 50.7 Å². The van der Waals surface area contributed by atoms with Crippen molar-refractivity contribution in [2.75, 3.05) is 7.11 Å². The van der Waals surface area contributed by atoms with Gasteiger partial charge in [-0.2, -0.15) is 0 Å². The third kappa shape index (κ3) is 2.80. The van der Waals surface area contributed by atoms with Gasteiger partial charge in [0.25, 0.3) is 0 Å². The minimum atomic E-state index is -0.560. The summed E-state index contributed by atoms with van der Waals surface area (Å²) in [5.74, 6) is 0.921. The van der Waals surface area contributed by atoms with Crippen LogP contribution in [0, 0.1) is 5.92 Å². The predicted molar refractivity (Wildman–Crippen MR) is 83.7 cm³/mol. The van der Waals surface area contributed by atoms with Gasteiger partial charge in [0, 0.05) is 17.9 Å². The van der Waals surface area contributed by atoms with Crippen LogP contribution in [0.5, 0.6) is 0 Å². The van der Waals surface area contributed by atoms with Gasteiger partial charge in [-0.3, -0.25) is 4.79 Å². The lowest BCUT2D eigenvalue weighted by molar-refractivity contribution is -0.142. The lowest BCUT2D eigenvalue weighted by Crippen LogP contribution is -2.58.